The Hall–Kier alpha value is -2.42. The van der Waals surface area contributed by atoms with E-state index in [4.69, 9.17) is 4.74 Å². The van der Waals surface area contributed by atoms with Crippen molar-refractivity contribution in [3.8, 4) is 5.75 Å². The molecule has 29 heavy (non-hydrogen) atoms. The monoisotopic (exact) mass is 418 g/mol. The first-order chi connectivity index (χ1) is 13.8. The van der Waals surface area contributed by atoms with Crippen LogP contribution in [0.3, 0.4) is 0 Å². The van der Waals surface area contributed by atoms with Crippen LogP contribution in [-0.4, -0.2) is 70.9 Å². The summed E-state index contributed by atoms with van der Waals surface area (Å²) in [5.74, 6) is 0.724. The van der Waals surface area contributed by atoms with Gasteiger partial charge in [0.25, 0.3) is 5.91 Å². The molecule has 0 aliphatic carbocycles. The van der Waals surface area contributed by atoms with Crippen molar-refractivity contribution in [2.45, 2.75) is 11.4 Å². The van der Waals surface area contributed by atoms with Crippen molar-refractivity contribution >= 4 is 15.9 Å². The lowest BCUT2D eigenvalue weighted by molar-refractivity contribution is -0.917. The van der Waals surface area contributed by atoms with Crippen molar-refractivity contribution in [1.82, 2.24) is 9.21 Å². The van der Waals surface area contributed by atoms with Crippen LogP contribution < -0.4 is 9.64 Å². The number of carbonyl (C=O) groups is 1. The molecule has 0 radical (unpaired) electrons. The van der Waals surface area contributed by atoms with Gasteiger partial charge in [-0.3, -0.25) is 4.79 Å². The number of methoxy groups -OCH3 is 1. The van der Waals surface area contributed by atoms with Crippen LogP contribution in [0.2, 0.25) is 0 Å². The Kier molecular flexibility index (Phi) is 6.56. The molecule has 1 saturated heterocycles. The molecule has 2 aromatic rings. The third-order valence-electron chi connectivity index (χ3n) is 5.23. The van der Waals surface area contributed by atoms with E-state index in [0.29, 0.717) is 18.7 Å². The van der Waals surface area contributed by atoms with E-state index in [9.17, 15) is 13.2 Å². The smallest absolute Gasteiger partial charge is 0.254 e. The third-order valence-corrected chi connectivity index (χ3v) is 7.04. The Balaban J connectivity index is 1.61. The Morgan fingerprint density at radius 3 is 2.34 bits per heavy atom. The topological polar surface area (TPSA) is 71.4 Å². The molecule has 1 aliphatic heterocycles. The fraction of sp³-hybridized carbons (Fsp3) is 0.381. The molecule has 3 rings (SSSR count). The maximum atomic E-state index is 12.9. The van der Waals surface area contributed by atoms with Crippen molar-refractivity contribution in [3.05, 3.63) is 59.7 Å². The van der Waals surface area contributed by atoms with Gasteiger partial charge in [0.1, 0.15) is 12.3 Å². The minimum atomic E-state index is -3.56. The van der Waals surface area contributed by atoms with Crippen molar-refractivity contribution in [3.63, 3.8) is 0 Å². The quantitative estimate of drug-likeness (QED) is 0.741. The molecular weight excluding hydrogens is 390 g/mol. The Morgan fingerprint density at radius 2 is 1.76 bits per heavy atom. The van der Waals surface area contributed by atoms with Crippen LogP contribution in [0.25, 0.3) is 0 Å². The summed E-state index contributed by atoms with van der Waals surface area (Å²) >= 11 is 0. The zero-order valence-electron chi connectivity index (χ0n) is 17.1. The second-order valence-electron chi connectivity index (χ2n) is 7.38. The van der Waals surface area contributed by atoms with E-state index in [1.165, 1.54) is 36.7 Å². The average molecular weight is 419 g/mol. The lowest BCUT2D eigenvalue weighted by Crippen LogP contribution is -3.13. The Morgan fingerprint density at radius 1 is 1.10 bits per heavy atom. The van der Waals surface area contributed by atoms with Crippen LogP contribution in [0.1, 0.15) is 15.9 Å². The summed E-state index contributed by atoms with van der Waals surface area (Å²) in [6.45, 7) is 3.91. The largest absolute Gasteiger partial charge is 0.497 e. The molecule has 1 heterocycles. The molecule has 0 atom stereocenters. The zero-order valence-corrected chi connectivity index (χ0v) is 17.9. The van der Waals surface area contributed by atoms with Gasteiger partial charge in [-0.05, 0) is 42.5 Å². The van der Waals surface area contributed by atoms with Gasteiger partial charge >= 0.3 is 0 Å². The standard InChI is InChI=1S/C21H27N3O4S/c1-22(2)29(26,27)20-6-4-5-18(15-20)21(25)24-13-11-23(12-14-24)16-17-7-9-19(28-3)10-8-17/h4-10,15H,11-14,16H2,1-3H3/p+1. The van der Waals surface area contributed by atoms with E-state index in [0.717, 1.165) is 29.7 Å². The first kappa shape index (κ1) is 21.3. The summed E-state index contributed by atoms with van der Waals surface area (Å²) in [5, 5.41) is 0. The summed E-state index contributed by atoms with van der Waals surface area (Å²) in [4.78, 5) is 16.2. The highest BCUT2D eigenvalue weighted by Gasteiger charge is 2.26. The summed E-state index contributed by atoms with van der Waals surface area (Å²) < 4.78 is 31.0. The molecule has 0 saturated carbocycles. The van der Waals surface area contributed by atoms with Gasteiger partial charge in [0.2, 0.25) is 10.0 Å². The predicted octanol–water partition coefficient (Wildman–Crippen LogP) is 0.486. The molecule has 1 N–H and O–H groups in total. The number of piperazine rings is 1. The molecule has 0 unspecified atom stereocenters. The minimum absolute atomic E-state index is 0.121. The number of nitrogens with one attached hydrogen (secondary N) is 1. The van der Waals surface area contributed by atoms with Crippen molar-refractivity contribution < 1.29 is 22.8 Å². The molecule has 156 valence electrons. The zero-order chi connectivity index (χ0) is 21.0. The molecule has 1 fully saturated rings. The molecule has 0 bridgehead atoms. The average Bonchev–Trinajstić information content (AvgIpc) is 2.74. The highest BCUT2D eigenvalue weighted by Crippen LogP contribution is 2.16. The normalized spacial score (nSPS) is 15.5. The second kappa shape index (κ2) is 8.94. The number of benzene rings is 2. The lowest BCUT2D eigenvalue weighted by Gasteiger charge is -2.32. The third kappa shape index (κ3) is 4.95. The van der Waals surface area contributed by atoms with E-state index < -0.39 is 10.0 Å². The molecule has 1 aliphatic rings. The molecule has 1 amide bonds. The van der Waals surface area contributed by atoms with Gasteiger partial charge in [-0.2, -0.15) is 0 Å². The van der Waals surface area contributed by atoms with Crippen molar-refractivity contribution in [2.24, 2.45) is 0 Å². The number of hydrogen-bond donors (Lipinski definition) is 1. The minimum Gasteiger partial charge on any atom is -0.497 e. The molecule has 2 aromatic carbocycles. The van der Waals surface area contributed by atoms with E-state index in [-0.39, 0.29) is 10.8 Å². The molecule has 0 spiro atoms. The van der Waals surface area contributed by atoms with E-state index in [1.54, 1.807) is 24.1 Å². The van der Waals surface area contributed by atoms with Crippen LogP contribution in [0, 0.1) is 0 Å². The van der Waals surface area contributed by atoms with Gasteiger partial charge in [0, 0.05) is 25.2 Å². The number of hydrogen-bond acceptors (Lipinski definition) is 4. The summed E-state index contributed by atoms with van der Waals surface area (Å²) in [6.07, 6.45) is 0. The van der Waals surface area contributed by atoms with Crippen LogP contribution in [-0.2, 0) is 16.6 Å². The van der Waals surface area contributed by atoms with Crippen LogP contribution >= 0.6 is 0 Å². The molecule has 7 nitrogen and oxygen atoms in total. The molecule has 0 aromatic heterocycles. The second-order valence-corrected chi connectivity index (χ2v) is 9.53. The van der Waals surface area contributed by atoms with E-state index in [2.05, 4.69) is 12.1 Å². The number of quaternary nitrogens is 1. The molecular formula is C21H28N3O4S+. The van der Waals surface area contributed by atoms with Crippen molar-refractivity contribution in [2.75, 3.05) is 47.4 Å². The summed E-state index contributed by atoms with van der Waals surface area (Å²) in [6, 6.07) is 14.3. The summed E-state index contributed by atoms with van der Waals surface area (Å²) in [5.41, 5.74) is 1.65. The van der Waals surface area contributed by atoms with Crippen LogP contribution in [0.15, 0.2) is 53.4 Å². The van der Waals surface area contributed by atoms with E-state index >= 15 is 0 Å². The van der Waals surface area contributed by atoms with Gasteiger partial charge in [-0.15, -0.1) is 0 Å². The van der Waals surface area contributed by atoms with Crippen LogP contribution in [0.4, 0.5) is 0 Å². The predicted molar refractivity (Wildman–Crippen MR) is 111 cm³/mol. The number of amides is 1. The molecule has 8 heteroatoms. The highest BCUT2D eigenvalue weighted by atomic mass is 32.2. The number of ether oxygens (including phenoxy) is 1. The van der Waals surface area contributed by atoms with Crippen molar-refractivity contribution in [1.29, 1.82) is 0 Å². The van der Waals surface area contributed by atoms with Gasteiger partial charge in [-0.25, -0.2) is 12.7 Å². The van der Waals surface area contributed by atoms with Gasteiger partial charge in [0.05, 0.1) is 38.2 Å². The Bertz CT molecular complexity index is 950. The number of sulfonamides is 1. The first-order valence-corrected chi connectivity index (χ1v) is 11.0. The first-order valence-electron chi connectivity index (χ1n) is 9.59. The lowest BCUT2D eigenvalue weighted by atomic mass is 10.1. The highest BCUT2D eigenvalue weighted by molar-refractivity contribution is 7.89. The maximum Gasteiger partial charge on any atom is 0.254 e. The Labute approximate surface area is 172 Å². The number of nitrogens with zero attached hydrogens (tertiary/aromatic N) is 2. The number of carbonyl (C=O) groups excluding carboxylic acids is 1. The van der Waals surface area contributed by atoms with Gasteiger partial charge in [0.15, 0.2) is 0 Å². The van der Waals surface area contributed by atoms with E-state index in [1.807, 2.05) is 12.1 Å². The van der Waals surface area contributed by atoms with Gasteiger partial charge < -0.3 is 14.5 Å². The summed E-state index contributed by atoms with van der Waals surface area (Å²) in [7, 11) is 1.05. The fourth-order valence-electron chi connectivity index (χ4n) is 3.42. The number of rotatable bonds is 6. The maximum absolute atomic E-state index is 12.9. The fourth-order valence-corrected chi connectivity index (χ4v) is 4.37. The van der Waals surface area contributed by atoms with Gasteiger partial charge in [-0.1, -0.05) is 6.07 Å². The van der Waals surface area contributed by atoms with Crippen LogP contribution in [0.5, 0.6) is 5.75 Å². The SMILES string of the molecule is COc1ccc(C[NH+]2CCN(C(=O)c3cccc(S(=O)(=O)N(C)C)c3)CC2)cc1.